The van der Waals surface area contributed by atoms with Crippen LogP contribution in [0.15, 0.2) is 52.1 Å². The Labute approximate surface area is 212 Å². The van der Waals surface area contributed by atoms with Gasteiger partial charge in [-0.15, -0.1) is 10.2 Å². The zero-order chi connectivity index (χ0) is 25.2. The van der Waals surface area contributed by atoms with E-state index < -0.39 is 24.2 Å². The number of hydrogen-bond donors (Lipinski definition) is 1. The van der Waals surface area contributed by atoms with E-state index in [4.69, 9.17) is 4.42 Å². The van der Waals surface area contributed by atoms with Crippen LogP contribution >= 0.6 is 0 Å². The lowest BCUT2D eigenvalue weighted by molar-refractivity contribution is -0.120. The molecule has 0 unspecified atom stereocenters. The van der Waals surface area contributed by atoms with Gasteiger partial charge in [-0.25, -0.2) is 8.78 Å². The van der Waals surface area contributed by atoms with Gasteiger partial charge in [-0.2, -0.15) is 0 Å². The van der Waals surface area contributed by atoms with Crippen LogP contribution in [0.3, 0.4) is 0 Å². The Morgan fingerprint density at radius 2 is 1.92 bits per heavy atom. The fourth-order valence-electron chi connectivity index (χ4n) is 6.29. The van der Waals surface area contributed by atoms with Gasteiger partial charge in [-0.3, -0.25) is 14.3 Å². The van der Waals surface area contributed by atoms with Gasteiger partial charge in [0.2, 0.25) is 12.3 Å². The van der Waals surface area contributed by atoms with E-state index in [2.05, 4.69) is 26.1 Å². The summed E-state index contributed by atoms with van der Waals surface area (Å²) in [5.74, 6) is -2.18. The lowest BCUT2D eigenvalue weighted by Crippen LogP contribution is -2.50. The van der Waals surface area contributed by atoms with E-state index in [-0.39, 0.29) is 11.4 Å². The highest BCUT2D eigenvalue weighted by Crippen LogP contribution is 2.56. The van der Waals surface area contributed by atoms with Crippen molar-refractivity contribution in [2.45, 2.75) is 68.7 Å². The summed E-state index contributed by atoms with van der Waals surface area (Å²) >= 11 is 0. The molecule has 3 aromatic heterocycles. The van der Waals surface area contributed by atoms with Gasteiger partial charge in [0.15, 0.2) is 0 Å². The molecule has 1 N–H and O–H groups in total. The Kier molecular flexibility index (Phi) is 5.15. The number of alkyl halides is 2. The van der Waals surface area contributed by atoms with Crippen molar-refractivity contribution in [3.05, 3.63) is 76.0 Å². The zero-order valence-corrected chi connectivity index (χ0v) is 20.6. The standard InChI is InChI=1S/C28H29F2N5O2/c29-28(30)15-27(16-28,26-33-31-17-37-26)19-5-4-6-21(11-19)35-14-23(18-7-8-18)22-12-20(32-24(22)25(35)36)13-34-9-2-1-3-10-34/h4-6,11-12,14,17-18,32H,1-3,7-10,13,15-16H2. The molecule has 2 aliphatic carbocycles. The lowest BCUT2D eigenvalue weighted by Gasteiger charge is -2.45. The van der Waals surface area contributed by atoms with Crippen LogP contribution in [-0.2, 0) is 12.0 Å². The molecule has 0 atom stereocenters. The van der Waals surface area contributed by atoms with E-state index >= 15 is 0 Å². The van der Waals surface area contributed by atoms with Gasteiger partial charge in [-0.1, -0.05) is 18.6 Å². The molecular weight excluding hydrogens is 476 g/mol. The van der Waals surface area contributed by atoms with Gasteiger partial charge in [0, 0.05) is 42.4 Å². The first-order valence-electron chi connectivity index (χ1n) is 13.2. The molecule has 7 nitrogen and oxygen atoms in total. The molecule has 37 heavy (non-hydrogen) atoms. The number of hydrogen-bond acceptors (Lipinski definition) is 5. The third-order valence-corrected chi connectivity index (χ3v) is 8.31. The molecular formula is C28H29F2N5O2. The minimum atomic E-state index is -2.80. The quantitative estimate of drug-likeness (QED) is 0.386. The third kappa shape index (κ3) is 3.91. The first-order valence-corrected chi connectivity index (χ1v) is 13.2. The molecule has 192 valence electrons. The number of fused-ring (bicyclic) bond motifs is 1. The van der Waals surface area contributed by atoms with Crippen molar-refractivity contribution in [1.29, 1.82) is 0 Å². The molecule has 0 radical (unpaired) electrons. The fraction of sp³-hybridized carbons (Fsp3) is 0.464. The molecule has 1 saturated heterocycles. The number of aromatic amines is 1. The number of H-pyrrole nitrogens is 1. The Bertz CT molecular complexity index is 1510. The number of piperidine rings is 1. The molecule has 2 saturated carbocycles. The molecule has 1 aliphatic heterocycles. The molecule has 7 rings (SSSR count). The SMILES string of the molecule is O=c1c2[nH]c(CN3CCCCC3)cc2c(C2CC2)cn1-c1cccc(C2(c3nnco3)CC(F)(F)C2)c1. The number of halogens is 2. The minimum Gasteiger partial charge on any atom is -0.427 e. The van der Waals surface area contributed by atoms with Crippen molar-refractivity contribution in [3.63, 3.8) is 0 Å². The van der Waals surface area contributed by atoms with Crippen molar-refractivity contribution in [1.82, 2.24) is 24.6 Å². The predicted octanol–water partition coefficient (Wildman–Crippen LogP) is 5.28. The number of nitrogens with zero attached hydrogens (tertiary/aromatic N) is 4. The molecule has 3 fully saturated rings. The maximum Gasteiger partial charge on any atom is 0.279 e. The normalized spacial score (nSPS) is 21.2. The monoisotopic (exact) mass is 505 g/mol. The summed E-state index contributed by atoms with van der Waals surface area (Å²) in [5.41, 5.74) is 2.95. The van der Waals surface area contributed by atoms with Crippen molar-refractivity contribution < 1.29 is 13.2 Å². The van der Waals surface area contributed by atoms with E-state index in [0.29, 0.717) is 22.7 Å². The molecule has 4 aromatic rings. The predicted molar refractivity (Wildman–Crippen MR) is 134 cm³/mol. The van der Waals surface area contributed by atoms with Crippen LogP contribution in [-0.4, -0.2) is 43.7 Å². The van der Waals surface area contributed by atoms with Crippen LogP contribution in [0.25, 0.3) is 16.6 Å². The Balaban J connectivity index is 1.31. The van der Waals surface area contributed by atoms with Crippen LogP contribution < -0.4 is 5.56 Å². The maximum atomic E-state index is 14.1. The molecule has 3 aliphatic rings. The largest absolute Gasteiger partial charge is 0.427 e. The van der Waals surface area contributed by atoms with Crippen LogP contribution in [0, 0.1) is 0 Å². The number of nitrogens with one attached hydrogen (secondary N) is 1. The van der Waals surface area contributed by atoms with Crippen LogP contribution in [0.1, 0.15) is 73.6 Å². The molecule has 9 heteroatoms. The second-order valence-electron chi connectivity index (χ2n) is 11.0. The lowest BCUT2D eigenvalue weighted by atomic mass is 9.62. The highest BCUT2D eigenvalue weighted by atomic mass is 19.3. The fourth-order valence-corrected chi connectivity index (χ4v) is 6.29. The maximum absolute atomic E-state index is 14.1. The Morgan fingerprint density at radius 3 is 2.62 bits per heavy atom. The highest BCUT2D eigenvalue weighted by Gasteiger charge is 2.61. The summed E-state index contributed by atoms with van der Waals surface area (Å²) in [4.78, 5) is 19.6. The number of benzene rings is 1. The van der Waals surface area contributed by atoms with Gasteiger partial charge in [0.25, 0.3) is 11.5 Å². The second kappa shape index (κ2) is 8.34. The van der Waals surface area contributed by atoms with Crippen LogP contribution in [0.5, 0.6) is 0 Å². The summed E-state index contributed by atoms with van der Waals surface area (Å²) in [7, 11) is 0. The minimum absolute atomic E-state index is 0.132. The van der Waals surface area contributed by atoms with Crippen molar-refractivity contribution in [2.75, 3.05) is 13.1 Å². The second-order valence-corrected chi connectivity index (χ2v) is 11.0. The topological polar surface area (TPSA) is 80.0 Å². The molecule has 0 bridgehead atoms. The van der Waals surface area contributed by atoms with Crippen molar-refractivity contribution in [3.8, 4) is 5.69 Å². The summed E-state index contributed by atoms with van der Waals surface area (Å²) in [5, 5.41) is 8.72. The Hall–Kier alpha value is -3.33. The average molecular weight is 506 g/mol. The number of aromatic nitrogens is 4. The van der Waals surface area contributed by atoms with E-state index in [0.717, 1.165) is 43.6 Å². The molecule has 0 spiro atoms. The van der Waals surface area contributed by atoms with Gasteiger partial charge in [-0.05, 0) is 74.0 Å². The summed E-state index contributed by atoms with van der Waals surface area (Å²) in [6, 6.07) is 9.44. The molecule has 4 heterocycles. The third-order valence-electron chi connectivity index (χ3n) is 8.31. The zero-order valence-electron chi connectivity index (χ0n) is 20.6. The summed E-state index contributed by atoms with van der Waals surface area (Å²) in [6.07, 6.45) is 8.25. The van der Waals surface area contributed by atoms with Crippen molar-refractivity contribution in [2.24, 2.45) is 0 Å². The van der Waals surface area contributed by atoms with E-state index in [1.165, 1.54) is 31.2 Å². The smallest absolute Gasteiger partial charge is 0.279 e. The highest BCUT2D eigenvalue weighted by molar-refractivity contribution is 5.84. The van der Waals surface area contributed by atoms with E-state index in [1.54, 1.807) is 10.6 Å². The average Bonchev–Trinajstić information content (AvgIpc) is 3.39. The van der Waals surface area contributed by atoms with Gasteiger partial charge < -0.3 is 9.40 Å². The first kappa shape index (κ1) is 22.8. The van der Waals surface area contributed by atoms with Gasteiger partial charge in [0.1, 0.15) is 5.52 Å². The van der Waals surface area contributed by atoms with Crippen LogP contribution in [0.4, 0.5) is 8.78 Å². The van der Waals surface area contributed by atoms with E-state index in [1.807, 2.05) is 24.4 Å². The summed E-state index contributed by atoms with van der Waals surface area (Å²) in [6.45, 7) is 2.99. The number of pyridine rings is 1. The first-order chi connectivity index (χ1) is 17.9. The van der Waals surface area contributed by atoms with Gasteiger partial charge >= 0.3 is 0 Å². The molecule has 0 amide bonds. The van der Waals surface area contributed by atoms with Crippen LogP contribution in [0.2, 0.25) is 0 Å². The number of likely N-dealkylation sites (tertiary alicyclic amines) is 1. The van der Waals surface area contributed by atoms with Gasteiger partial charge in [0.05, 0.1) is 5.41 Å². The van der Waals surface area contributed by atoms with Crippen molar-refractivity contribution >= 4 is 10.9 Å². The summed E-state index contributed by atoms with van der Waals surface area (Å²) < 4.78 is 35.4. The molecule has 1 aromatic carbocycles. The van der Waals surface area contributed by atoms with E-state index in [9.17, 15) is 13.6 Å². The number of rotatable bonds is 6. The Morgan fingerprint density at radius 1 is 1.11 bits per heavy atom.